The predicted molar refractivity (Wildman–Crippen MR) is 112 cm³/mol. The number of hydrogen-bond donors (Lipinski definition) is 2. The lowest BCUT2D eigenvalue weighted by Gasteiger charge is -2.29. The number of ether oxygens (including phenoxy) is 1. The number of carbonyl (C=O) groups excluding carboxylic acids is 2. The summed E-state index contributed by atoms with van der Waals surface area (Å²) in [5.41, 5.74) is -0.356. The molecule has 3 aliphatic heterocycles. The maximum Gasteiger partial charge on any atom is 0.317 e. The molecule has 9 nitrogen and oxygen atoms in total. The standard InChI is InChI=1S/C19H28N4O3S.CH2O2/c24-17-19(3-5-22(17)8-7-21-9-11-26-12-10-21)4-6-23(15-19)18(25)20-14-16-2-1-13-27-16;2-1-3/h1-2,13H,3-12,14-15H2,(H,20,25);1H,(H,2,3). The molecule has 0 aliphatic carbocycles. The van der Waals surface area contributed by atoms with Gasteiger partial charge in [-0.3, -0.25) is 14.5 Å². The molecule has 0 radical (unpaired) electrons. The molecule has 1 aromatic rings. The molecular weight excluding hydrogens is 408 g/mol. The summed E-state index contributed by atoms with van der Waals surface area (Å²) in [5.74, 6) is 0.240. The molecule has 0 aromatic carbocycles. The fourth-order valence-electron chi connectivity index (χ4n) is 4.31. The van der Waals surface area contributed by atoms with Crippen LogP contribution in [0.5, 0.6) is 0 Å². The Labute approximate surface area is 180 Å². The molecule has 2 N–H and O–H groups in total. The normalized spacial score (nSPS) is 24.1. The summed E-state index contributed by atoms with van der Waals surface area (Å²) in [6, 6.07) is 3.95. The monoisotopic (exact) mass is 438 g/mol. The van der Waals surface area contributed by atoms with Gasteiger partial charge in [0.25, 0.3) is 6.47 Å². The molecule has 166 valence electrons. The van der Waals surface area contributed by atoms with Gasteiger partial charge in [-0.1, -0.05) is 6.07 Å². The molecule has 4 heterocycles. The van der Waals surface area contributed by atoms with E-state index in [0.717, 1.165) is 63.7 Å². The summed E-state index contributed by atoms with van der Waals surface area (Å²) in [7, 11) is 0. The van der Waals surface area contributed by atoms with E-state index in [-0.39, 0.29) is 23.8 Å². The quantitative estimate of drug-likeness (QED) is 0.663. The minimum Gasteiger partial charge on any atom is -0.483 e. The minimum absolute atomic E-state index is 0.0557. The van der Waals surface area contributed by atoms with Gasteiger partial charge in [0.2, 0.25) is 5.91 Å². The van der Waals surface area contributed by atoms with Crippen LogP contribution in [-0.4, -0.2) is 97.2 Å². The molecule has 1 spiro atoms. The second kappa shape index (κ2) is 10.7. The highest BCUT2D eigenvalue weighted by atomic mass is 32.1. The Hall–Kier alpha value is -2.17. The average molecular weight is 439 g/mol. The van der Waals surface area contributed by atoms with Crippen molar-refractivity contribution in [3.8, 4) is 0 Å². The zero-order chi connectivity index (χ0) is 21.4. The molecule has 3 saturated heterocycles. The number of nitrogens with one attached hydrogen (secondary N) is 1. The van der Waals surface area contributed by atoms with Crippen LogP contribution in [0.2, 0.25) is 0 Å². The number of thiophene rings is 1. The molecule has 3 fully saturated rings. The van der Waals surface area contributed by atoms with Gasteiger partial charge < -0.3 is 25.0 Å². The van der Waals surface area contributed by atoms with E-state index in [1.54, 1.807) is 11.3 Å². The van der Waals surface area contributed by atoms with E-state index in [2.05, 4.69) is 10.2 Å². The van der Waals surface area contributed by atoms with Crippen molar-refractivity contribution in [2.24, 2.45) is 5.41 Å². The van der Waals surface area contributed by atoms with E-state index in [9.17, 15) is 9.59 Å². The van der Waals surface area contributed by atoms with Crippen molar-refractivity contribution in [2.75, 3.05) is 59.0 Å². The fraction of sp³-hybridized carbons (Fsp3) is 0.650. The van der Waals surface area contributed by atoms with Crippen molar-refractivity contribution in [3.05, 3.63) is 22.4 Å². The SMILES string of the molecule is O=C(NCc1cccs1)N1CCC2(CCN(CCN3CCOCC3)C2=O)C1.O=CO. The first-order valence-electron chi connectivity index (χ1n) is 10.3. The minimum atomic E-state index is -0.356. The molecule has 10 heteroatoms. The second-order valence-electron chi connectivity index (χ2n) is 7.79. The summed E-state index contributed by atoms with van der Waals surface area (Å²) in [4.78, 5) is 41.2. The third kappa shape index (κ3) is 5.50. The van der Waals surface area contributed by atoms with E-state index in [0.29, 0.717) is 19.6 Å². The van der Waals surface area contributed by atoms with Gasteiger partial charge in [-0.2, -0.15) is 0 Å². The van der Waals surface area contributed by atoms with Gasteiger partial charge in [0.1, 0.15) is 0 Å². The number of urea groups is 1. The number of rotatable bonds is 5. The highest BCUT2D eigenvalue weighted by molar-refractivity contribution is 7.09. The van der Waals surface area contributed by atoms with Crippen LogP contribution < -0.4 is 5.32 Å². The Balaban J connectivity index is 0.000000806. The summed E-state index contributed by atoms with van der Waals surface area (Å²) >= 11 is 1.64. The Bertz CT molecular complexity index is 710. The third-order valence-electron chi connectivity index (χ3n) is 6.03. The van der Waals surface area contributed by atoms with Crippen LogP contribution in [0, 0.1) is 5.41 Å². The van der Waals surface area contributed by atoms with Crippen LogP contribution in [0.1, 0.15) is 17.7 Å². The number of carbonyl (C=O) groups is 3. The molecule has 3 aliphatic rings. The van der Waals surface area contributed by atoms with Crippen molar-refractivity contribution in [1.82, 2.24) is 20.0 Å². The highest BCUT2D eigenvalue weighted by Gasteiger charge is 2.51. The van der Waals surface area contributed by atoms with Gasteiger partial charge in [0.05, 0.1) is 25.2 Å². The van der Waals surface area contributed by atoms with Crippen molar-refractivity contribution in [1.29, 1.82) is 0 Å². The Morgan fingerprint density at radius 1 is 1.23 bits per heavy atom. The van der Waals surface area contributed by atoms with Crippen molar-refractivity contribution in [2.45, 2.75) is 19.4 Å². The van der Waals surface area contributed by atoms with Gasteiger partial charge in [-0.25, -0.2) is 4.79 Å². The van der Waals surface area contributed by atoms with Crippen molar-refractivity contribution in [3.63, 3.8) is 0 Å². The van der Waals surface area contributed by atoms with E-state index < -0.39 is 0 Å². The number of amides is 3. The second-order valence-corrected chi connectivity index (χ2v) is 8.82. The molecule has 30 heavy (non-hydrogen) atoms. The van der Waals surface area contributed by atoms with Gasteiger partial charge in [0, 0.05) is 50.7 Å². The number of likely N-dealkylation sites (tertiary alicyclic amines) is 2. The van der Waals surface area contributed by atoms with Gasteiger partial charge >= 0.3 is 6.03 Å². The lowest BCUT2D eigenvalue weighted by Crippen LogP contribution is -2.44. The molecule has 4 rings (SSSR count). The first-order valence-corrected chi connectivity index (χ1v) is 11.2. The zero-order valence-corrected chi connectivity index (χ0v) is 17.9. The highest BCUT2D eigenvalue weighted by Crippen LogP contribution is 2.40. The third-order valence-corrected chi connectivity index (χ3v) is 6.90. The van der Waals surface area contributed by atoms with Gasteiger partial charge in [-0.05, 0) is 24.3 Å². The number of hydrogen-bond acceptors (Lipinski definition) is 6. The van der Waals surface area contributed by atoms with Gasteiger partial charge in [-0.15, -0.1) is 11.3 Å². The van der Waals surface area contributed by atoms with Crippen LogP contribution in [0.4, 0.5) is 4.79 Å². The van der Waals surface area contributed by atoms with Crippen LogP contribution in [-0.2, 0) is 20.9 Å². The van der Waals surface area contributed by atoms with E-state index in [1.807, 2.05) is 27.3 Å². The summed E-state index contributed by atoms with van der Waals surface area (Å²) in [5, 5.41) is 11.9. The molecule has 0 saturated carbocycles. The maximum absolute atomic E-state index is 13.0. The smallest absolute Gasteiger partial charge is 0.317 e. The topological polar surface area (TPSA) is 102 Å². The van der Waals surface area contributed by atoms with Crippen LogP contribution >= 0.6 is 11.3 Å². The Kier molecular flexibility index (Phi) is 8.06. The maximum atomic E-state index is 13.0. The summed E-state index contributed by atoms with van der Waals surface area (Å²) in [6.45, 7) is 7.50. The fourth-order valence-corrected chi connectivity index (χ4v) is 4.95. The number of nitrogens with zero attached hydrogens (tertiary/aromatic N) is 3. The summed E-state index contributed by atoms with van der Waals surface area (Å²) in [6.07, 6.45) is 1.65. The Morgan fingerprint density at radius 2 is 1.97 bits per heavy atom. The average Bonchev–Trinajstić information content (AvgIpc) is 3.49. The van der Waals surface area contributed by atoms with E-state index in [1.165, 1.54) is 0 Å². The van der Waals surface area contributed by atoms with E-state index in [4.69, 9.17) is 14.6 Å². The lowest BCUT2D eigenvalue weighted by molar-refractivity contribution is -0.135. The van der Waals surface area contributed by atoms with Crippen molar-refractivity contribution >= 4 is 29.7 Å². The molecule has 1 atom stereocenters. The predicted octanol–water partition coefficient (Wildman–Crippen LogP) is 0.915. The van der Waals surface area contributed by atoms with E-state index >= 15 is 0 Å². The zero-order valence-electron chi connectivity index (χ0n) is 17.1. The Morgan fingerprint density at radius 3 is 2.67 bits per heavy atom. The van der Waals surface area contributed by atoms with Crippen LogP contribution in [0.25, 0.3) is 0 Å². The number of morpholine rings is 1. The molecular formula is C20H30N4O5S. The lowest BCUT2D eigenvalue weighted by atomic mass is 9.85. The van der Waals surface area contributed by atoms with Gasteiger partial charge in [0.15, 0.2) is 0 Å². The van der Waals surface area contributed by atoms with Crippen LogP contribution in [0.15, 0.2) is 17.5 Å². The molecule has 1 aromatic heterocycles. The van der Waals surface area contributed by atoms with Crippen LogP contribution in [0.3, 0.4) is 0 Å². The first kappa shape index (κ1) is 22.5. The first-order chi connectivity index (χ1) is 14.6. The molecule has 1 unspecified atom stereocenters. The largest absolute Gasteiger partial charge is 0.483 e. The summed E-state index contributed by atoms with van der Waals surface area (Å²) < 4.78 is 5.38. The molecule has 3 amide bonds. The number of carboxylic acid groups (broad SMARTS) is 1. The molecule has 0 bridgehead atoms. The van der Waals surface area contributed by atoms with Crippen molar-refractivity contribution < 1.29 is 24.2 Å².